The van der Waals surface area contributed by atoms with Gasteiger partial charge in [0.1, 0.15) is 0 Å². The smallest absolute Gasteiger partial charge is 0 e. The Morgan fingerprint density at radius 2 is 0.864 bits per heavy atom. The Morgan fingerprint density at radius 3 is 0.955 bits per heavy atom. The van der Waals surface area contributed by atoms with Gasteiger partial charge in [-0.2, -0.15) is 0 Å². The number of aliphatic hydroxyl groups is 3. The molecular weight excluding hydrogens is 416 g/mol. The van der Waals surface area contributed by atoms with E-state index in [0.29, 0.717) is 0 Å². The summed E-state index contributed by atoms with van der Waals surface area (Å²) in [6, 6.07) is 8.76. The van der Waals surface area contributed by atoms with Crippen molar-refractivity contribution in [3.8, 4) is 0 Å². The fourth-order valence-electron chi connectivity index (χ4n) is 0.874. The summed E-state index contributed by atoms with van der Waals surface area (Å²) in [6.07, 6.45) is -0.500. The third kappa shape index (κ3) is 42.8. The molecule has 1 rings (SSSR count). The van der Waals surface area contributed by atoms with Gasteiger partial charge >= 0.3 is 59.2 Å². The summed E-state index contributed by atoms with van der Waals surface area (Å²) in [7, 11) is 0. The van der Waals surface area contributed by atoms with Crippen LogP contribution in [0.5, 0.6) is 0 Å². The van der Waals surface area contributed by atoms with Crippen molar-refractivity contribution in [3.63, 3.8) is 0 Å². The molecule has 3 nitrogen and oxygen atoms in total. The number of rotatable bonds is 1. The van der Waals surface area contributed by atoms with Gasteiger partial charge in [0.25, 0.3) is 0 Å². The molecular formula is C17H37GeO3Zr-. The van der Waals surface area contributed by atoms with Crippen LogP contribution in [0.1, 0.15) is 41.5 Å². The van der Waals surface area contributed by atoms with Crippen molar-refractivity contribution in [1.29, 1.82) is 0 Å². The molecule has 5 heteroatoms. The molecule has 0 aliphatic heterocycles. The van der Waals surface area contributed by atoms with Crippen molar-refractivity contribution >= 4 is 17.7 Å². The normalized spacial score (nSPS) is 9.77. The van der Waals surface area contributed by atoms with Gasteiger partial charge in [-0.25, -0.2) is 0 Å². The van der Waals surface area contributed by atoms with Crippen LogP contribution >= 0.6 is 0 Å². The van der Waals surface area contributed by atoms with E-state index < -0.39 is 13.3 Å². The van der Waals surface area contributed by atoms with Crippen LogP contribution in [0.2, 0.25) is 17.3 Å². The summed E-state index contributed by atoms with van der Waals surface area (Å²) >= 11 is -1.44. The molecule has 0 aliphatic carbocycles. The van der Waals surface area contributed by atoms with Crippen LogP contribution in [0.15, 0.2) is 24.3 Å². The second-order valence-corrected chi connectivity index (χ2v) is 17.4. The van der Waals surface area contributed by atoms with Crippen molar-refractivity contribution in [2.45, 2.75) is 77.1 Å². The Kier molecular flexibility index (Phi) is 25.0. The molecule has 0 fully saturated rings. The van der Waals surface area contributed by atoms with Gasteiger partial charge in [-0.05, 0) is 41.5 Å². The number of hydrogen-bond donors (Lipinski definition) is 3. The van der Waals surface area contributed by atoms with Crippen LogP contribution in [0.25, 0.3) is 0 Å². The fourth-order valence-corrected chi connectivity index (χ4v) is 3.38. The van der Waals surface area contributed by atoms with E-state index in [2.05, 4.69) is 41.5 Å². The summed E-state index contributed by atoms with van der Waals surface area (Å²) < 4.78 is 1.61. The molecule has 22 heavy (non-hydrogen) atoms. The molecule has 1 aromatic carbocycles. The third-order valence-electron chi connectivity index (χ3n) is 1.53. The Bertz CT molecular complexity index is 269. The van der Waals surface area contributed by atoms with E-state index in [1.807, 2.05) is 0 Å². The van der Waals surface area contributed by atoms with E-state index in [4.69, 9.17) is 15.3 Å². The molecule has 0 saturated heterocycles. The summed E-state index contributed by atoms with van der Waals surface area (Å²) in [5.41, 5.74) is 0. The fraction of sp³-hybridized carbons (Fsp3) is 0.706. The van der Waals surface area contributed by atoms with Crippen LogP contribution in [0, 0.1) is 0 Å². The monoisotopic (exact) mass is 453 g/mol. The SMILES string of the molecule is CC(C)O.CC(C)O.CC(C)O.[CH3][Ge]([CH3])([CH3])[c-]1cccc1.[Zr]. The molecule has 0 saturated carbocycles. The largest absolute Gasteiger partial charge is 0 e. The van der Waals surface area contributed by atoms with Gasteiger partial charge in [0.05, 0.1) is 0 Å². The zero-order valence-corrected chi connectivity index (χ0v) is 20.4. The third-order valence-corrected chi connectivity index (χ3v) is 5.86. The van der Waals surface area contributed by atoms with Gasteiger partial charge in [0.2, 0.25) is 0 Å². The summed E-state index contributed by atoms with van der Waals surface area (Å²) in [5.74, 6) is 7.24. The predicted molar refractivity (Wildman–Crippen MR) is 97.1 cm³/mol. The molecule has 0 radical (unpaired) electrons. The molecule has 0 bridgehead atoms. The molecule has 0 spiro atoms. The topological polar surface area (TPSA) is 60.7 Å². The Hall–Kier alpha value is 0.656. The van der Waals surface area contributed by atoms with Gasteiger partial charge in [-0.15, -0.1) is 0 Å². The van der Waals surface area contributed by atoms with Gasteiger partial charge in [-0.1, -0.05) is 0 Å². The zero-order chi connectivity index (χ0) is 17.6. The van der Waals surface area contributed by atoms with Gasteiger partial charge in [0, 0.05) is 44.5 Å². The maximum Gasteiger partial charge on any atom is 0 e. The zero-order valence-electron chi connectivity index (χ0n) is 15.9. The average Bonchev–Trinajstić information content (AvgIpc) is 2.64. The molecule has 0 amide bonds. The van der Waals surface area contributed by atoms with Crippen LogP contribution in [-0.4, -0.2) is 46.9 Å². The van der Waals surface area contributed by atoms with E-state index in [0.717, 1.165) is 0 Å². The van der Waals surface area contributed by atoms with E-state index in [1.165, 1.54) is 0 Å². The molecule has 0 unspecified atom stereocenters. The molecule has 132 valence electrons. The van der Waals surface area contributed by atoms with Crippen molar-refractivity contribution in [2.24, 2.45) is 0 Å². The minimum absolute atomic E-state index is 0. The molecule has 0 aliphatic rings. The number of aliphatic hydroxyl groups excluding tert-OH is 3. The minimum Gasteiger partial charge on any atom is 0 e. The van der Waals surface area contributed by atoms with E-state index in [9.17, 15) is 0 Å². The van der Waals surface area contributed by atoms with Gasteiger partial charge < -0.3 is 15.3 Å². The van der Waals surface area contributed by atoms with E-state index >= 15 is 0 Å². The van der Waals surface area contributed by atoms with Crippen molar-refractivity contribution in [3.05, 3.63) is 24.3 Å². The first-order valence-corrected chi connectivity index (χ1v) is 14.9. The molecule has 0 atom stereocenters. The van der Waals surface area contributed by atoms with Crippen molar-refractivity contribution < 1.29 is 41.5 Å². The standard InChI is InChI=1S/C8H13Ge.3C3H8O.Zr/c1-9(2,3)8-6-4-5-7-8;3*1-3(2)4;/h4-7H,1-3H3;3*3-4H,1-2H3;/q-1;;;;. The second-order valence-electron chi connectivity index (χ2n) is 6.70. The van der Waals surface area contributed by atoms with Crippen LogP contribution < -0.4 is 4.40 Å². The minimum atomic E-state index is -1.44. The first-order chi connectivity index (χ1) is 9.30. The summed E-state index contributed by atoms with van der Waals surface area (Å²) in [5, 5.41) is 24.2. The van der Waals surface area contributed by atoms with Gasteiger partial charge in [0.15, 0.2) is 0 Å². The van der Waals surface area contributed by atoms with E-state index in [1.54, 1.807) is 45.9 Å². The van der Waals surface area contributed by atoms with Crippen molar-refractivity contribution in [2.75, 3.05) is 0 Å². The molecule has 0 aromatic heterocycles. The van der Waals surface area contributed by atoms with Gasteiger partial charge in [-0.3, -0.25) is 0 Å². The maximum absolute atomic E-state index is 8.06. The summed E-state index contributed by atoms with van der Waals surface area (Å²) in [6.45, 7) is 10.3. The molecule has 1 aromatic rings. The molecule has 3 N–H and O–H groups in total. The molecule has 0 heterocycles. The van der Waals surface area contributed by atoms with Crippen LogP contribution in [0.3, 0.4) is 0 Å². The maximum atomic E-state index is 8.06. The summed E-state index contributed by atoms with van der Waals surface area (Å²) in [4.78, 5) is 0. The first-order valence-electron chi connectivity index (χ1n) is 7.57. The van der Waals surface area contributed by atoms with Crippen LogP contribution in [0.4, 0.5) is 0 Å². The quantitative estimate of drug-likeness (QED) is 0.453. The second kappa shape index (κ2) is 18.0. The van der Waals surface area contributed by atoms with Crippen LogP contribution in [-0.2, 0) is 26.2 Å². The first kappa shape index (κ1) is 30.5. The number of hydrogen-bond acceptors (Lipinski definition) is 3. The van der Waals surface area contributed by atoms with Crippen molar-refractivity contribution in [1.82, 2.24) is 0 Å². The predicted octanol–water partition coefficient (Wildman–Crippen LogP) is 3.11. The Labute approximate surface area is 160 Å². The van der Waals surface area contributed by atoms with E-state index in [-0.39, 0.29) is 44.5 Å². The Morgan fingerprint density at radius 1 is 0.682 bits per heavy atom. The average molecular weight is 453 g/mol. The Balaban J connectivity index is -0.000000107.